The highest BCUT2D eigenvalue weighted by atomic mass is 16.5. The first-order chi connectivity index (χ1) is 15.9. The van der Waals surface area contributed by atoms with Gasteiger partial charge < -0.3 is 5.32 Å². The van der Waals surface area contributed by atoms with Crippen molar-refractivity contribution in [1.82, 2.24) is 20.2 Å². The smallest absolute Gasteiger partial charge is 0.270 e. The second-order valence-electron chi connectivity index (χ2n) is 8.61. The van der Waals surface area contributed by atoms with Crippen molar-refractivity contribution in [3.8, 4) is 0 Å². The molecular weight excluding hydrogens is 418 g/mol. The van der Waals surface area contributed by atoms with Crippen LogP contribution in [-0.4, -0.2) is 43.6 Å². The predicted molar refractivity (Wildman–Crippen MR) is 125 cm³/mol. The number of carbonyl (C=O) groups is 2. The highest BCUT2D eigenvalue weighted by molar-refractivity contribution is 6.12. The number of nitrogens with one attached hydrogen (secondary N) is 1. The number of hydroxylamine groups is 2. The molecule has 1 saturated carbocycles. The molecule has 2 amide bonds. The normalized spacial score (nSPS) is 19.5. The van der Waals surface area contributed by atoms with E-state index in [9.17, 15) is 14.8 Å². The van der Waals surface area contributed by atoms with Crippen LogP contribution in [0.25, 0.3) is 0 Å². The summed E-state index contributed by atoms with van der Waals surface area (Å²) in [6, 6.07) is 0.973. The third-order valence-corrected chi connectivity index (χ3v) is 6.29. The number of nitrogens with zero attached hydrogens (tertiary/aromatic N) is 4. The van der Waals surface area contributed by atoms with Crippen LogP contribution in [0.2, 0.25) is 0 Å². The van der Waals surface area contributed by atoms with Gasteiger partial charge in [0.15, 0.2) is 0 Å². The maximum atomic E-state index is 13.2. The van der Waals surface area contributed by atoms with Gasteiger partial charge in [0, 0.05) is 25.6 Å². The van der Waals surface area contributed by atoms with Gasteiger partial charge in [-0.25, -0.2) is 10.1 Å². The first-order valence-electron chi connectivity index (χ1n) is 11.3. The summed E-state index contributed by atoms with van der Waals surface area (Å²) < 4.78 is 1.50. The zero-order valence-corrected chi connectivity index (χ0v) is 18.9. The first kappa shape index (κ1) is 22.7. The van der Waals surface area contributed by atoms with Gasteiger partial charge in [0.1, 0.15) is 11.7 Å². The Morgan fingerprint density at radius 2 is 1.88 bits per heavy atom. The van der Waals surface area contributed by atoms with E-state index in [1.54, 1.807) is 43.9 Å². The number of hydrogen-bond acceptors (Lipinski definition) is 5. The molecular formula is C25H29N5O3. The molecule has 1 fully saturated rings. The molecule has 4 rings (SSSR count). The van der Waals surface area contributed by atoms with Crippen LogP contribution in [-0.2, 0) is 11.8 Å². The molecule has 2 aliphatic carbocycles. The van der Waals surface area contributed by atoms with Gasteiger partial charge in [0.05, 0.1) is 5.71 Å². The number of aliphatic imine (C=N–C) groups is 1. The Balaban J connectivity index is 1.52. The van der Waals surface area contributed by atoms with E-state index in [0.29, 0.717) is 11.4 Å². The largest absolute Gasteiger partial charge is 0.339 e. The third kappa shape index (κ3) is 5.28. The number of aryl methyl sites for hydroxylation is 1. The molecule has 172 valence electrons. The van der Waals surface area contributed by atoms with Crippen LogP contribution in [0.1, 0.15) is 49.5 Å². The van der Waals surface area contributed by atoms with Gasteiger partial charge in [-0.15, -0.1) is 0 Å². The Hall–Kier alpha value is -3.52. The summed E-state index contributed by atoms with van der Waals surface area (Å²) >= 11 is 0. The predicted octanol–water partition coefficient (Wildman–Crippen LogP) is 3.61. The average molecular weight is 448 g/mol. The van der Waals surface area contributed by atoms with Crippen LogP contribution in [0, 0.1) is 5.92 Å². The van der Waals surface area contributed by atoms with E-state index in [4.69, 9.17) is 0 Å². The Morgan fingerprint density at radius 1 is 1.15 bits per heavy atom. The molecule has 0 spiro atoms. The summed E-state index contributed by atoms with van der Waals surface area (Å²) in [6.07, 6.45) is 19.1. The molecule has 0 radical (unpaired) electrons. The van der Waals surface area contributed by atoms with E-state index in [-0.39, 0.29) is 17.7 Å². The highest BCUT2D eigenvalue weighted by Gasteiger charge is 2.31. The quantitative estimate of drug-likeness (QED) is 0.735. The molecule has 1 atom stereocenters. The lowest BCUT2D eigenvalue weighted by molar-refractivity contribution is -0.121. The first-order valence-corrected chi connectivity index (χ1v) is 11.3. The van der Waals surface area contributed by atoms with Gasteiger partial charge in [-0.3, -0.25) is 19.5 Å². The fourth-order valence-corrected chi connectivity index (χ4v) is 4.49. The molecule has 2 heterocycles. The van der Waals surface area contributed by atoms with Crippen molar-refractivity contribution < 1.29 is 14.8 Å². The number of rotatable bonds is 4. The Morgan fingerprint density at radius 3 is 2.52 bits per heavy atom. The van der Waals surface area contributed by atoms with Crippen LogP contribution in [0.4, 0.5) is 0 Å². The molecule has 0 aromatic carbocycles. The number of allylic oxidation sites excluding steroid dienone is 8. The monoisotopic (exact) mass is 447 g/mol. The summed E-state index contributed by atoms with van der Waals surface area (Å²) in [5.74, 6) is -0.573. The van der Waals surface area contributed by atoms with Crippen LogP contribution < -0.4 is 5.32 Å². The van der Waals surface area contributed by atoms with Gasteiger partial charge in [0.2, 0.25) is 0 Å². The lowest BCUT2D eigenvalue weighted by Crippen LogP contribution is -2.46. The Bertz CT molecular complexity index is 1090. The van der Waals surface area contributed by atoms with Gasteiger partial charge >= 0.3 is 0 Å². The molecule has 0 saturated heterocycles. The Labute approximate surface area is 193 Å². The molecule has 2 N–H and O–H groups in total. The molecule has 1 aromatic heterocycles. The maximum Gasteiger partial charge on any atom is 0.270 e. The third-order valence-electron chi connectivity index (χ3n) is 6.29. The minimum absolute atomic E-state index is 0.0728. The van der Waals surface area contributed by atoms with Crippen LogP contribution in [0.5, 0.6) is 0 Å². The zero-order chi connectivity index (χ0) is 23.4. The number of carbonyl (C=O) groups excluding carboxylic acids is 2. The van der Waals surface area contributed by atoms with Crippen LogP contribution in [0.15, 0.2) is 76.8 Å². The van der Waals surface area contributed by atoms with Crippen molar-refractivity contribution in [1.29, 1.82) is 0 Å². The molecule has 1 aliphatic heterocycles. The lowest BCUT2D eigenvalue weighted by atomic mass is 9.83. The maximum absolute atomic E-state index is 13.2. The second-order valence-corrected chi connectivity index (χ2v) is 8.61. The minimum atomic E-state index is -0.663. The summed E-state index contributed by atoms with van der Waals surface area (Å²) in [4.78, 5) is 30.4. The topological polar surface area (TPSA) is 99.8 Å². The van der Waals surface area contributed by atoms with Gasteiger partial charge in [-0.1, -0.05) is 31.4 Å². The fourth-order valence-electron chi connectivity index (χ4n) is 4.49. The van der Waals surface area contributed by atoms with E-state index in [1.807, 2.05) is 25.2 Å². The molecule has 33 heavy (non-hydrogen) atoms. The van der Waals surface area contributed by atoms with Crippen molar-refractivity contribution in [3.63, 3.8) is 0 Å². The molecule has 0 unspecified atom stereocenters. The second kappa shape index (κ2) is 9.95. The fraction of sp³-hybridized carbons (Fsp3) is 0.360. The molecule has 0 bridgehead atoms. The Kier molecular flexibility index (Phi) is 6.84. The highest BCUT2D eigenvalue weighted by Crippen LogP contribution is 2.28. The molecule has 8 nitrogen and oxygen atoms in total. The van der Waals surface area contributed by atoms with Gasteiger partial charge in [0.25, 0.3) is 11.8 Å². The zero-order valence-electron chi connectivity index (χ0n) is 18.9. The minimum Gasteiger partial charge on any atom is -0.339 e. The van der Waals surface area contributed by atoms with E-state index in [1.165, 1.54) is 4.68 Å². The summed E-state index contributed by atoms with van der Waals surface area (Å²) in [5.41, 5.74) is 3.84. The van der Waals surface area contributed by atoms with Crippen LogP contribution >= 0.6 is 0 Å². The van der Waals surface area contributed by atoms with E-state index in [0.717, 1.165) is 53.9 Å². The summed E-state index contributed by atoms with van der Waals surface area (Å²) in [5, 5.41) is 17.6. The summed E-state index contributed by atoms with van der Waals surface area (Å²) in [7, 11) is 1.70. The average Bonchev–Trinajstić information content (AvgIpc) is 3.24. The molecule has 1 aromatic rings. The van der Waals surface area contributed by atoms with Crippen molar-refractivity contribution in [3.05, 3.63) is 77.5 Å². The number of aromatic nitrogens is 2. The van der Waals surface area contributed by atoms with E-state index >= 15 is 0 Å². The van der Waals surface area contributed by atoms with Crippen molar-refractivity contribution in [2.24, 2.45) is 18.0 Å². The van der Waals surface area contributed by atoms with Crippen LogP contribution in [0.3, 0.4) is 0 Å². The van der Waals surface area contributed by atoms with Gasteiger partial charge in [-0.2, -0.15) is 5.10 Å². The SMILES string of the molecule is CC1=CN(O)C=CC1=C1C=CC(=NC(=O)[C@@H](NC(=O)c2ccnn2C)C2CCCCC2)C=C1. The standard InChI is InChI=1S/C25H29N5O3/c1-17-16-30(33)15-13-21(17)18-8-10-20(11-9-18)27-25(32)23(19-6-4-3-5-7-19)28-24(31)22-12-14-26-29(22)2/h8-16,19,23,33H,3-7H2,1-2H3,(H,28,31)/t23-/m0/s1. The molecule has 3 aliphatic rings. The lowest BCUT2D eigenvalue weighted by Gasteiger charge is -2.28. The van der Waals surface area contributed by atoms with E-state index in [2.05, 4.69) is 15.4 Å². The van der Waals surface area contributed by atoms with E-state index < -0.39 is 6.04 Å². The van der Waals surface area contributed by atoms with Crippen molar-refractivity contribution >= 4 is 17.5 Å². The van der Waals surface area contributed by atoms with Crippen molar-refractivity contribution in [2.75, 3.05) is 0 Å². The number of hydrogen-bond donors (Lipinski definition) is 2. The van der Waals surface area contributed by atoms with Gasteiger partial charge in [-0.05, 0) is 66.7 Å². The summed E-state index contributed by atoms with van der Waals surface area (Å²) in [6.45, 7) is 1.92. The number of amides is 2. The van der Waals surface area contributed by atoms with Crippen molar-refractivity contribution in [2.45, 2.75) is 45.1 Å². The molecule has 8 heteroatoms.